The molecule has 0 amide bonds. The normalized spacial score (nSPS) is 30.2. The van der Waals surface area contributed by atoms with E-state index in [0.717, 1.165) is 37.5 Å². The van der Waals surface area contributed by atoms with E-state index >= 15 is 0 Å². The number of halogens is 1. The van der Waals surface area contributed by atoms with Crippen molar-refractivity contribution in [3.8, 4) is 0 Å². The van der Waals surface area contributed by atoms with Gasteiger partial charge in [-0.05, 0) is 109 Å². The first-order valence-electron chi connectivity index (χ1n) is 14.9. The third-order valence-corrected chi connectivity index (χ3v) is 8.54. The lowest BCUT2D eigenvalue weighted by atomic mass is 10.0. The summed E-state index contributed by atoms with van der Waals surface area (Å²) >= 11 is 2.15. The summed E-state index contributed by atoms with van der Waals surface area (Å²) in [6.45, 7) is 7.01. The van der Waals surface area contributed by atoms with E-state index in [2.05, 4.69) is 38.5 Å². The van der Waals surface area contributed by atoms with Gasteiger partial charge in [-0.25, -0.2) is 4.79 Å². The van der Waals surface area contributed by atoms with Crippen molar-refractivity contribution in [3.63, 3.8) is 0 Å². The van der Waals surface area contributed by atoms with Gasteiger partial charge in [-0.3, -0.25) is 19.4 Å². The van der Waals surface area contributed by atoms with Gasteiger partial charge in [0.15, 0.2) is 0 Å². The Labute approximate surface area is 270 Å². The van der Waals surface area contributed by atoms with Crippen LogP contribution in [-0.2, 0) is 28.6 Å². The van der Waals surface area contributed by atoms with E-state index in [0.29, 0.717) is 31.9 Å². The van der Waals surface area contributed by atoms with E-state index in [-0.39, 0.29) is 50.9 Å². The van der Waals surface area contributed by atoms with Crippen LogP contribution in [0.4, 0.5) is 0 Å². The summed E-state index contributed by atoms with van der Waals surface area (Å²) in [6.07, 6.45) is 12.8. The second-order valence-electron chi connectivity index (χ2n) is 11.0. The Morgan fingerprint density at radius 3 is 1.40 bits per heavy atom. The second-order valence-corrected chi connectivity index (χ2v) is 11.0. The van der Waals surface area contributed by atoms with E-state index in [1.165, 1.54) is 25.7 Å². The minimum atomic E-state index is -0.107. The first-order valence-corrected chi connectivity index (χ1v) is 17.1. The van der Waals surface area contributed by atoms with Gasteiger partial charge in [-0.1, -0.05) is 43.5 Å². The van der Waals surface area contributed by atoms with Crippen LogP contribution in [0.1, 0.15) is 87.0 Å². The summed E-state index contributed by atoms with van der Waals surface area (Å²) in [5.74, 6) is 1.57. The van der Waals surface area contributed by atoms with Gasteiger partial charge >= 0.3 is 17.9 Å². The maximum atomic E-state index is 11.5. The zero-order valence-electron chi connectivity index (χ0n) is 25.6. The van der Waals surface area contributed by atoms with Gasteiger partial charge in [0.2, 0.25) is 0 Å². The molecule has 10 heteroatoms. The van der Waals surface area contributed by atoms with E-state index < -0.39 is 0 Å². The lowest BCUT2D eigenvalue weighted by molar-refractivity contribution is -0.151. The molecular weight excluding hydrogens is 649 g/mol. The fourth-order valence-electron chi connectivity index (χ4n) is 6.06. The molecule has 0 aromatic heterocycles. The molecular formula is C32H60IN3O6. The Morgan fingerprint density at radius 1 is 0.667 bits per heavy atom. The molecule has 246 valence electrons. The smallest absolute Gasteiger partial charge is 0.328 e. The zero-order chi connectivity index (χ0) is 29.8. The first kappa shape index (κ1) is 40.6. The molecule has 0 aromatic carbocycles. The third-order valence-electron chi connectivity index (χ3n) is 8.54. The van der Waals surface area contributed by atoms with Gasteiger partial charge in [0.1, 0.15) is 18.1 Å². The number of alkyl halides is 1. The third kappa shape index (κ3) is 11.6. The molecule has 5 aliphatic rings. The number of hydrogen-bond acceptors (Lipinski definition) is 9. The number of ether oxygens (including phenoxy) is 3. The van der Waals surface area contributed by atoms with Crippen molar-refractivity contribution >= 4 is 40.5 Å². The Morgan fingerprint density at radius 2 is 1.05 bits per heavy atom. The second kappa shape index (κ2) is 20.5. The lowest BCUT2D eigenvalue weighted by Crippen LogP contribution is -2.44. The average Bonchev–Trinajstić information content (AvgIpc) is 3.86. The Hall–Kier alpha value is -1.40. The Balaban J connectivity index is 0.000000570. The Bertz CT molecular complexity index is 797. The number of piperidine rings is 2. The summed E-state index contributed by atoms with van der Waals surface area (Å²) < 4.78 is 15.0. The van der Waals surface area contributed by atoms with Crippen molar-refractivity contribution in [1.29, 1.82) is 0 Å². The van der Waals surface area contributed by atoms with Gasteiger partial charge in [0.25, 0.3) is 0 Å². The monoisotopic (exact) mass is 709 g/mol. The predicted molar refractivity (Wildman–Crippen MR) is 179 cm³/mol. The highest BCUT2D eigenvalue weighted by Crippen LogP contribution is 2.45. The maximum Gasteiger partial charge on any atom is 0.328 e. The highest BCUT2D eigenvalue weighted by molar-refractivity contribution is 14.1. The van der Waals surface area contributed by atoms with Crippen LogP contribution < -0.4 is 0 Å². The molecule has 5 rings (SSSR count). The summed E-state index contributed by atoms with van der Waals surface area (Å²) in [4.78, 5) is 42.6. The van der Waals surface area contributed by atoms with Gasteiger partial charge in [0, 0.05) is 19.1 Å². The lowest BCUT2D eigenvalue weighted by Gasteiger charge is -2.30. The fraction of sp³-hybridized carbons (Fsp3) is 0.844. The predicted octanol–water partition coefficient (Wildman–Crippen LogP) is 5.55. The van der Waals surface area contributed by atoms with Crippen molar-refractivity contribution in [2.45, 2.75) is 117 Å². The summed E-state index contributed by atoms with van der Waals surface area (Å²) in [5.41, 5.74) is 0. The van der Waals surface area contributed by atoms with Crippen LogP contribution in [0.25, 0.3) is 0 Å². The molecule has 3 heterocycles. The number of nitrogens with zero attached hydrogens (tertiary/aromatic N) is 3. The molecule has 0 radical (unpaired) electrons. The van der Waals surface area contributed by atoms with Crippen molar-refractivity contribution in [2.75, 3.05) is 45.9 Å². The highest BCUT2D eigenvalue weighted by atomic mass is 127. The topological polar surface area (TPSA) is 88.6 Å². The van der Waals surface area contributed by atoms with E-state index in [4.69, 9.17) is 14.2 Å². The van der Waals surface area contributed by atoms with Crippen molar-refractivity contribution in [2.24, 2.45) is 11.8 Å². The van der Waals surface area contributed by atoms with Crippen LogP contribution >= 0.6 is 22.6 Å². The number of esters is 3. The highest BCUT2D eigenvalue weighted by Gasteiger charge is 2.49. The minimum absolute atomic E-state index is 0. The van der Waals surface area contributed by atoms with Crippen molar-refractivity contribution in [3.05, 3.63) is 12.3 Å². The van der Waals surface area contributed by atoms with Crippen LogP contribution in [0.15, 0.2) is 12.3 Å². The molecule has 3 aliphatic heterocycles. The first-order chi connectivity index (χ1) is 19.2. The summed E-state index contributed by atoms with van der Waals surface area (Å²) in [7, 11) is 5.99. The number of allylic oxidation sites excluding steroid dienone is 1. The molecule has 0 N–H and O–H groups in total. The van der Waals surface area contributed by atoms with E-state index in [1.807, 2.05) is 57.9 Å². The van der Waals surface area contributed by atoms with Crippen molar-refractivity contribution < 1.29 is 28.6 Å². The van der Waals surface area contributed by atoms with Gasteiger partial charge < -0.3 is 19.1 Å². The molecule has 9 nitrogen and oxygen atoms in total. The van der Waals surface area contributed by atoms with Crippen LogP contribution in [0.2, 0.25) is 0 Å². The molecule has 2 saturated carbocycles. The summed E-state index contributed by atoms with van der Waals surface area (Å²) in [6, 6.07) is 1.33. The standard InChI is InChI=1S/2C10H17NO2.C9H15NO2.CH3I.2CH4/c2*1-3-13-10(12)8-5-4-7-6-9(7)11(8)2;1-3-12-9(11)8-6-4-5-7-10(8)2;1-2;;/h2*7-9H,3-6H2,1-2H3;5,7-8H,3-4,6H2,1-2H3;1H3;2*1H4/t7-,8+,9+;7-,8-,9+;8-;;;/m100.../s1. The molecule has 42 heavy (non-hydrogen) atoms. The van der Waals surface area contributed by atoms with Crippen molar-refractivity contribution in [1.82, 2.24) is 14.7 Å². The molecule has 7 atom stereocenters. The number of carbonyl (C=O) groups is 3. The van der Waals surface area contributed by atoms with E-state index in [1.54, 1.807) is 0 Å². The van der Waals surface area contributed by atoms with Gasteiger partial charge in [-0.2, -0.15) is 0 Å². The molecule has 4 fully saturated rings. The SMILES string of the molecule is C.C.CCOC(=O)[C@@H]1CCC=CN1C.CCOC(=O)[C@@H]1CC[C@@H]2C[C@@H]2N1C.CCOC(=O)[C@@H]1CC[C@H]2C[C@H]2N1C.CI. The molecule has 2 aliphatic carbocycles. The molecule has 0 bridgehead atoms. The van der Waals surface area contributed by atoms with Gasteiger partial charge in [0.05, 0.1) is 19.8 Å². The number of hydrogen-bond donors (Lipinski definition) is 0. The number of likely N-dealkylation sites (N-methyl/N-ethyl adjacent to an activating group) is 3. The van der Waals surface area contributed by atoms with E-state index in [9.17, 15) is 14.4 Å². The van der Waals surface area contributed by atoms with Crippen LogP contribution in [0, 0.1) is 11.8 Å². The average molecular weight is 710 g/mol. The van der Waals surface area contributed by atoms with Crippen LogP contribution in [0.5, 0.6) is 0 Å². The molecule has 0 unspecified atom stereocenters. The van der Waals surface area contributed by atoms with Crippen LogP contribution in [0.3, 0.4) is 0 Å². The van der Waals surface area contributed by atoms with Crippen LogP contribution in [-0.4, -0.2) is 109 Å². The molecule has 2 saturated heterocycles. The maximum absolute atomic E-state index is 11.5. The number of carbonyl (C=O) groups excluding carboxylic acids is 3. The summed E-state index contributed by atoms with van der Waals surface area (Å²) in [5, 5.41) is 0. The number of rotatable bonds is 6. The number of likely N-dealkylation sites (tertiary alicyclic amines) is 2. The minimum Gasteiger partial charge on any atom is -0.465 e. The fourth-order valence-corrected chi connectivity index (χ4v) is 6.06. The zero-order valence-corrected chi connectivity index (χ0v) is 27.8. The molecule has 0 aromatic rings. The number of fused-ring (bicyclic) bond motifs is 2. The molecule has 0 spiro atoms. The largest absolute Gasteiger partial charge is 0.465 e. The van der Waals surface area contributed by atoms with Gasteiger partial charge in [-0.15, -0.1) is 0 Å². The quantitative estimate of drug-likeness (QED) is 0.153. The Kier molecular flexibility index (Phi) is 19.9.